The Balaban J connectivity index is 1.28. The number of aromatic nitrogens is 2. The van der Waals surface area contributed by atoms with Gasteiger partial charge >= 0.3 is 5.97 Å². The monoisotopic (exact) mass is 464 g/mol. The normalized spacial score (nSPS) is 17.2. The van der Waals surface area contributed by atoms with Gasteiger partial charge in [0.15, 0.2) is 11.4 Å². The van der Waals surface area contributed by atoms with Gasteiger partial charge in [0, 0.05) is 63.1 Å². The predicted molar refractivity (Wildman–Crippen MR) is 133 cm³/mol. The van der Waals surface area contributed by atoms with Crippen LogP contribution in [0.4, 0.5) is 23.1 Å². The Morgan fingerprint density at radius 2 is 1.85 bits per heavy atom. The lowest BCUT2D eigenvalue weighted by atomic mass is 9.93. The van der Waals surface area contributed by atoms with Gasteiger partial charge in [-0.3, -0.25) is 4.79 Å². The van der Waals surface area contributed by atoms with Crippen LogP contribution < -0.4 is 20.4 Å². The molecule has 4 heterocycles. The summed E-state index contributed by atoms with van der Waals surface area (Å²) in [6, 6.07) is 10.3. The Morgan fingerprint density at radius 1 is 1.09 bits per heavy atom. The second-order valence-corrected chi connectivity index (χ2v) is 8.85. The van der Waals surface area contributed by atoms with Crippen LogP contribution in [0.25, 0.3) is 11.1 Å². The number of fused-ring (bicyclic) bond motifs is 1. The lowest BCUT2D eigenvalue weighted by Crippen LogP contribution is -2.43. The number of nitrogens with zero attached hydrogens (tertiary/aromatic N) is 4. The largest absolute Gasteiger partial charge is 0.466 e. The van der Waals surface area contributed by atoms with E-state index in [1.54, 1.807) is 6.26 Å². The molecule has 0 unspecified atom stereocenters. The highest BCUT2D eigenvalue weighted by Crippen LogP contribution is 2.31. The van der Waals surface area contributed by atoms with E-state index >= 15 is 0 Å². The molecule has 3 aromatic rings. The Bertz CT molecular complexity index is 1100. The van der Waals surface area contributed by atoms with Gasteiger partial charge in [-0.1, -0.05) is 0 Å². The molecule has 0 radical (unpaired) electrons. The molecule has 0 amide bonds. The molecule has 0 spiro atoms. The average molecular weight is 465 g/mol. The predicted octanol–water partition coefficient (Wildman–Crippen LogP) is 3.55. The third-order valence-corrected chi connectivity index (χ3v) is 6.57. The SMILES string of the molecule is CCOC(=O)CC1CCN(c2nc(Nc3ccc(N4CCNCC4)cc3)nc3ccoc23)CC1. The molecule has 9 heteroatoms. The Morgan fingerprint density at radius 3 is 2.59 bits per heavy atom. The van der Waals surface area contributed by atoms with E-state index < -0.39 is 0 Å². The molecular formula is C25H32N6O3. The van der Waals surface area contributed by atoms with Crippen LogP contribution in [0, 0.1) is 5.92 Å². The van der Waals surface area contributed by atoms with Gasteiger partial charge in [-0.2, -0.15) is 4.98 Å². The number of hydrogen-bond donors (Lipinski definition) is 2. The summed E-state index contributed by atoms with van der Waals surface area (Å²) in [5.41, 5.74) is 3.65. The second-order valence-electron chi connectivity index (χ2n) is 8.85. The maximum atomic E-state index is 11.8. The van der Waals surface area contributed by atoms with Crippen LogP contribution in [0.3, 0.4) is 0 Å². The smallest absolute Gasteiger partial charge is 0.306 e. The second kappa shape index (κ2) is 10.3. The fourth-order valence-corrected chi connectivity index (χ4v) is 4.73. The number of carbonyl (C=O) groups excluding carboxylic acids is 1. The zero-order valence-corrected chi connectivity index (χ0v) is 19.6. The first kappa shape index (κ1) is 22.5. The van der Waals surface area contributed by atoms with Crippen molar-refractivity contribution in [1.29, 1.82) is 0 Å². The van der Waals surface area contributed by atoms with E-state index in [1.807, 2.05) is 13.0 Å². The lowest BCUT2D eigenvalue weighted by molar-refractivity contribution is -0.144. The molecule has 2 aromatic heterocycles. The number of nitrogens with one attached hydrogen (secondary N) is 2. The van der Waals surface area contributed by atoms with Crippen molar-refractivity contribution in [1.82, 2.24) is 15.3 Å². The molecule has 0 saturated carbocycles. The molecule has 2 aliphatic heterocycles. The van der Waals surface area contributed by atoms with E-state index in [1.165, 1.54) is 5.69 Å². The minimum absolute atomic E-state index is 0.106. The summed E-state index contributed by atoms with van der Waals surface area (Å²) in [4.78, 5) is 25.9. The standard InChI is InChI=1S/C25H32N6O3/c1-2-33-22(32)17-18-7-12-31(13-8-18)24-23-21(9-16-34-23)28-25(29-24)27-19-3-5-20(6-4-19)30-14-10-26-11-15-30/h3-6,9,16,18,26H,2,7-8,10-15,17H2,1H3,(H,27,28,29). The Labute approximate surface area is 199 Å². The van der Waals surface area contributed by atoms with Crippen molar-refractivity contribution in [3.05, 3.63) is 36.6 Å². The quantitative estimate of drug-likeness (QED) is 0.509. The molecule has 9 nitrogen and oxygen atoms in total. The third kappa shape index (κ3) is 5.09. The number of esters is 1. The summed E-state index contributed by atoms with van der Waals surface area (Å²) >= 11 is 0. The maximum absolute atomic E-state index is 11.8. The fraction of sp³-hybridized carbons (Fsp3) is 0.480. The number of hydrogen-bond acceptors (Lipinski definition) is 9. The van der Waals surface area contributed by atoms with E-state index in [0.717, 1.165) is 69.1 Å². The molecular weight excluding hydrogens is 432 g/mol. The first-order chi connectivity index (χ1) is 16.7. The molecule has 2 saturated heterocycles. The highest BCUT2D eigenvalue weighted by molar-refractivity contribution is 5.85. The van der Waals surface area contributed by atoms with Gasteiger partial charge in [0.25, 0.3) is 0 Å². The van der Waals surface area contributed by atoms with Crippen LogP contribution in [0.15, 0.2) is 41.0 Å². The van der Waals surface area contributed by atoms with E-state index in [-0.39, 0.29) is 5.97 Å². The Kier molecular flexibility index (Phi) is 6.80. The van der Waals surface area contributed by atoms with Crippen LogP contribution in [0.1, 0.15) is 26.2 Å². The molecule has 0 atom stereocenters. The van der Waals surface area contributed by atoms with E-state index in [4.69, 9.17) is 14.1 Å². The molecule has 5 rings (SSSR count). The lowest BCUT2D eigenvalue weighted by Gasteiger charge is -2.32. The average Bonchev–Trinajstić information content (AvgIpc) is 3.34. The zero-order chi connectivity index (χ0) is 23.3. The number of furan rings is 1. The fourth-order valence-electron chi connectivity index (χ4n) is 4.73. The van der Waals surface area contributed by atoms with Crippen molar-refractivity contribution in [2.45, 2.75) is 26.2 Å². The molecule has 0 bridgehead atoms. The van der Waals surface area contributed by atoms with Crippen molar-refractivity contribution in [2.75, 3.05) is 61.0 Å². The summed E-state index contributed by atoms with van der Waals surface area (Å²) in [5, 5.41) is 6.75. The number of rotatable bonds is 7. The number of piperidine rings is 1. The van der Waals surface area contributed by atoms with Gasteiger partial charge in [-0.15, -0.1) is 0 Å². The molecule has 180 valence electrons. The summed E-state index contributed by atoms with van der Waals surface area (Å²) in [7, 11) is 0. The molecule has 2 fully saturated rings. The number of piperazine rings is 1. The van der Waals surface area contributed by atoms with E-state index in [9.17, 15) is 4.79 Å². The summed E-state index contributed by atoms with van der Waals surface area (Å²) in [6.45, 7) is 7.98. The first-order valence-corrected chi connectivity index (χ1v) is 12.2. The van der Waals surface area contributed by atoms with Crippen molar-refractivity contribution in [3.8, 4) is 0 Å². The minimum atomic E-state index is -0.106. The van der Waals surface area contributed by atoms with Crippen LogP contribution in [-0.2, 0) is 9.53 Å². The molecule has 0 aliphatic carbocycles. The van der Waals surface area contributed by atoms with Crippen molar-refractivity contribution in [2.24, 2.45) is 5.92 Å². The molecule has 2 N–H and O–H groups in total. The van der Waals surface area contributed by atoms with Crippen LogP contribution >= 0.6 is 0 Å². The minimum Gasteiger partial charge on any atom is -0.466 e. The first-order valence-electron chi connectivity index (χ1n) is 12.2. The molecule has 1 aromatic carbocycles. The summed E-state index contributed by atoms with van der Waals surface area (Å²) < 4.78 is 10.9. The van der Waals surface area contributed by atoms with Gasteiger partial charge in [0.1, 0.15) is 5.52 Å². The van der Waals surface area contributed by atoms with Crippen LogP contribution in [-0.4, -0.2) is 61.8 Å². The van der Waals surface area contributed by atoms with E-state index in [2.05, 4.69) is 49.7 Å². The maximum Gasteiger partial charge on any atom is 0.306 e. The van der Waals surface area contributed by atoms with Crippen molar-refractivity contribution >= 4 is 40.2 Å². The number of ether oxygens (including phenoxy) is 1. The van der Waals surface area contributed by atoms with Gasteiger partial charge in [-0.25, -0.2) is 4.98 Å². The van der Waals surface area contributed by atoms with Crippen LogP contribution in [0.2, 0.25) is 0 Å². The number of benzene rings is 1. The van der Waals surface area contributed by atoms with Crippen LogP contribution in [0.5, 0.6) is 0 Å². The third-order valence-electron chi connectivity index (χ3n) is 6.57. The highest BCUT2D eigenvalue weighted by Gasteiger charge is 2.25. The van der Waals surface area contributed by atoms with Gasteiger partial charge in [0.05, 0.1) is 12.9 Å². The van der Waals surface area contributed by atoms with Crippen molar-refractivity contribution in [3.63, 3.8) is 0 Å². The van der Waals surface area contributed by atoms with Gasteiger partial charge < -0.3 is 29.6 Å². The molecule has 34 heavy (non-hydrogen) atoms. The number of anilines is 4. The zero-order valence-electron chi connectivity index (χ0n) is 19.6. The van der Waals surface area contributed by atoms with Gasteiger partial charge in [0.2, 0.25) is 5.95 Å². The highest BCUT2D eigenvalue weighted by atomic mass is 16.5. The van der Waals surface area contributed by atoms with Gasteiger partial charge in [-0.05, 0) is 49.9 Å². The summed E-state index contributed by atoms with van der Waals surface area (Å²) in [6.07, 6.45) is 3.98. The Hall–Kier alpha value is -3.33. The van der Waals surface area contributed by atoms with Crippen molar-refractivity contribution < 1.29 is 13.9 Å². The summed E-state index contributed by atoms with van der Waals surface area (Å²) in [5.74, 6) is 1.58. The molecule has 2 aliphatic rings. The topological polar surface area (TPSA) is 95.8 Å². The van der Waals surface area contributed by atoms with E-state index in [0.29, 0.717) is 30.5 Å². The number of carbonyl (C=O) groups is 1.